The molecule has 1 saturated heterocycles. The topological polar surface area (TPSA) is 88.2 Å². The summed E-state index contributed by atoms with van der Waals surface area (Å²) in [4.78, 5) is 39.3. The molecule has 21 heavy (non-hydrogen) atoms. The second kappa shape index (κ2) is 5.32. The van der Waals surface area contributed by atoms with Gasteiger partial charge in [0, 0.05) is 18.0 Å². The Kier molecular flexibility index (Phi) is 3.35. The lowest BCUT2D eigenvalue weighted by Crippen LogP contribution is -2.52. The van der Waals surface area contributed by atoms with E-state index in [4.69, 9.17) is 0 Å². The molecular formula is C15H13N3O3. The molecule has 2 heterocycles. The highest BCUT2D eigenvalue weighted by Crippen LogP contribution is 2.16. The summed E-state index contributed by atoms with van der Waals surface area (Å²) in [6.45, 7) is 0. The van der Waals surface area contributed by atoms with Crippen molar-refractivity contribution in [2.24, 2.45) is 0 Å². The fourth-order valence-corrected chi connectivity index (χ4v) is 2.36. The number of fused-ring (bicyclic) bond motifs is 1. The molecule has 0 saturated carbocycles. The molecule has 2 N–H and O–H groups in total. The predicted octanol–water partition coefficient (Wildman–Crippen LogP) is 0.770. The number of aromatic nitrogens is 1. The summed E-state index contributed by atoms with van der Waals surface area (Å²) in [5, 5.41) is 5.61. The molecule has 1 aromatic carbocycles. The van der Waals surface area contributed by atoms with Crippen LogP contribution in [-0.4, -0.2) is 28.7 Å². The Balaban J connectivity index is 1.84. The first kappa shape index (κ1) is 13.2. The van der Waals surface area contributed by atoms with Crippen molar-refractivity contribution in [2.45, 2.75) is 18.9 Å². The number of carbonyl (C=O) groups excluding carboxylic acids is 3. The number of benzene rings is 1. The zero-order valence-electron chi connectivity index (χ0n) is 11.1. The number of amides is 3. The zero-order chi connectivity index (χ0) is 14.8. The Bertz CT molecular complexity index is 737. The molecule has 6 nitrogen and oxygen atoms in total. The van der Waals surface area contributed by atoms with Gasteiger partial charge in [0.2, 0.25) is 11.8 Å². The zero-order valence-corrected chi connectivity index (χ0v) is 11.1. The summed E-state index contributed by atoms with van der Waals surface area (Å²) in [6, 6.07) is 8.23. The van der Waals surface area contributed by atoms with Gasteiger partial charge < -0.3 is 5.32 Å². The van der Waals surface area contributed by atoms with Crippen molar-refractivity contribution in [1.82, 2.24) is 15.6 Å². The van der Waals surface area contributed by atoms with Crippen LogP contribution in [0.4, 0.5) is 0 Å². The van der Waals surface area contributed by atoms with E-state index in [0.717, 1.165) is 5.39 Å². The van der Waals surface area contributed by atoms with Crippen LogP contribution in [-0.2, 0) is 9.59 Å². The lowest BCUT2D eigenvalue weighted by Gasteiger charge is -2.22. The van der Waals surface area contributed by atoms with E-state index in [9.17, 15) is 14.4 Å². The van der Waals surface area contributed by atoms with Crippen LogP contribution >= 0.6 is 0 Å². The minimum atomic E-state index is -0.679. The quantitative estimate of drug-likeness (QED) is 0.797. The predicted molar refractivity (Wildman–Crippen MR) is 75.4 cm³/mol. The van der Waals surface area contributed by atoms with E-state index in [1.807, 2.05) is 24.3 Å². The molecule has 3 rings (SSSR count). The lowest BCUT2D eigenvalue weighted by atomic mass is 10.0. The summed E-state index contributed by atoms with van der Waals surface area (Å²) < 4.78 is 0. The third-order valence-electron chi connectivity index (χ3n) is 3.44. The minimum absolute atomic E-state index is 0.230. The number of hydrogen-bond donors (Lipinski definition) is 2. The number of para-hydroxylation sites is 1. The van der Waals surface area contributed by atoms with Crippen LogP contribution in [0.1, 0.15) is 23.2 Å². The Morgan fingerprint density at radius 3 is 2.86 bits per heavy atom. The second-order valence-electron chi connectivity index (χ2n) is 4.85. The molecule has 2 aromatic rings. The highest BCUT2D eigenvalue weighted by molar-refractivity contribution is 6.08. The number of nitrogens with one attached hydrogen (secondary N) is 2. The summed E-state index contributed by atoms with van der Waals surface area (Å²) in [5.41, 5.74) is 1.18. The largest absolute Gasteiger partial charge is 0.340 e. The van der Waals surface area contributed by atoms with Crippen molar-refractivity contribution < 1.29 is 14.4 Å². The number of hydrogen-bond acceptors (Lipinski definition) is 4. The van der Waals surface area contributed by atoms with Crippen LogP contribution < -0.4 is 10.6 Å². The average molecular weight is 283 g/mol. The average Bonchev–Trinajstić information content (AvgIpc) is 2.49. The standard InChI is InChI=1S/C15H13N3O3/c19-13-6-5-12(15(21)18-13)17-14(20)10-7-8-16-11-4-2-1-3-9(10)11/h1-4,7-8,12H,5-6H2,(H,17,20)(H,18,19,21). The van der Waals surface area contributed by atoms with Gasteiger partial charge in [0.05, 0.1) is 11.1 Å². The number of pyridine rings is 1. The molecule has 0 spiro atoms. The molecule has 106 valence electrons. The molecule has 0 radical (unpaired) electrons. The van der Waals surface area contributed by atoms with Gasteiger partial charge in [-0.3, -0.25) is 24.7 Å². The molecule has 1 fully saturated rings. The van der Waals surface area contributed by atoms with Crippen LogP contribution in [0.25, 0.3) is 10.9 Å². The van der Waals surface area contributed by atoms with Crippen molar-refractivity contribution >= 4 is 28.6 Å². The number of rotatable bonds is 2. The second-order valence-corrected chi connectivity index (χ2v) is 4.85. The molecule has 1 unspecified atom stereocenters. The highest BCUT2D eigenvalue weighted by Gasteiger charge is 2.28. The third kappa shape index (κ3) is 2.60. The van der Waals surface area contributed by atoms with Gasteiger partial charge in [0.15, 0.2) is 0 Å². The first-order valence-electron chi connectivity index (χ1n) is 6.63. The Labute approximate surface area is 120 Å². The van der Waals surface area contributed by atoms with E-state index >= 15 is 0 Å². The normalized spacial score (nSPS) is 18.4. The van der Waals surface area contributed by atoms with Gasteiger partial charge in [-0.25, -0.2) is 0 Å². The fraction of sp³-hybridized carbons (Fsp3) is 0.200. The molecule has 1 aliphatic rings. The van der Waals surface area contributed by atoms with Crippen molar-refractivity contribution in [1.29, 1.82) is 0 Å². The van der Waals surface area contributed by atoms with Crippen molar-refractivity contribution in [3.05, 3.63) is 42.1 Å². The first-order valence-corrected chi connectivity index (χ1v) is 6.63. The minimum Gasteiger partial charge on any atom is -0.340 e. The van der Waals surface area contributed by atoms with Crippen LogP contribution in [0.2, 0.25) is 0 Å². The van der Waals surface area contributed by atoms with Crippen LogP contribution in [0.5, 0.6) is 0 Å². The van der Waals surface area contributed by atoms with Crippen molar-refractivity contribution in [2.75, 3.05) is 0 Å². The highest BCUT2D eigenvalue weighted by atomic mass is 16.2. The molecule has 3 amide bonds. The summed E-state index contributed by atoms with van der Waals surface area (Å²) >= 11 is 0. The van der Waals surface area contributed by atoms with Gasteiger partial charge in [0.1, 0.15) is 6.04 Å². The van der Waals surface area contributed by atoms with E-state index in [0.29, 0.717) is 17.5 Å². The molecule has 6 heteroatoms. The maximum absolute atomic E-state index is 12.4. The van der Waals surface area contributed by atoms with Gasteiger partial charge in [0.25, 0.3) is 5.91 Å². The Morgan fingerprint density at radius 1 is 1.24 bits per heavy atom. The molecular weight excluding hydrogens is 270 g/mol. The van der Waals surface area contributed by atoms with E-state index in [2.05, 4.69) is 15.6 Å². The maximum Gasteiger partial charge on any atom is 0.252 e. The van der Waals surface area contributed by atoms with E-state index in [1.165, 1.54) is 0 Å². The number of nitrogens with zero attached hydrogens (tertiary/aromatic N) is 1. The fourth-order valence-electron chi connectivity index (χ4n) is 2.36. The smallest absolute Gasteiger partial charge is 0.252 e. The SMILES string of the molecule is O=C1CCC(NC(=O)c2ccnc3ccccc23)C(=O)N1. The third-order valence-corrected chi connectivity index (χ3v) is 3.44. The molecule has 1 aromatic heterocycles. The van der Waals surface area contributed by atoms with Gasteiger partial charge >= 0.3 is 0 Å². The van der Waals surface area contributed by atoms with E-state index < -0.39 is 11.9 Å². The van der Waals surface area contributed by atoms with Crippen LogP contribution in [0.3, 0.4) is 0 Å². The van der Waals surface area contributed by atoms with Gasteiger partial charge in [-0.05, 0) is 18.6 Å². The molecule has 0 bridgehead atoms. The molecule has 1 aliphatic heterocycles. The summed E-state index contributed by atoms with van der Waals surface area (Å²) in [6.07, 6.45) is 2.11. The number of imide groups is 1. The van der Waals surface area contributed by atoms with Crippen LogP contribution in [0.15, 0.2) is 36.5 Å². The Hall–Kier alpha value is -2.76. The lowest BCUT2D eigenvalue weighted by molar-refractivity contribution is -0.134. The molecule has 1 atom stereocenters. The van der Waals surface area contributed by atoms with Crippen molar-refractivity contribution in [3.8, 4) is 0 Å². The van der Waals surface area contributed by atoms with Gasteiger partial charge in [-0.2, -0.15) is 0 Å². The van der Waals surface area contributed by atoms with E-state index in [-0.39, 0.29) is 18.2 Å². The van der Waals surface area contributed by atoms with Gasteiger partial charge in [-0.15, -0.1) is 0 Å². The summed E-state index contributed by atoms with van der Waals surface area (Å²) in [5.74, 6) is -1.11. The maximum atomic E-state index is 12.4. The van der Waals surface area contributed by atoms with Crippen molar-refractivity contribution in [3.63, 3.8) is 0 Å². The molecule has 0 aliphatic carbocycles. The van der Waals surface area contributed by atoms with E-state index in [1.54, 1.807) is 12.3 Å². The monoisotopic (exact) mass is 283 g/mol. The summed E-state index contributed by atoms with van der Waals surface area (Å²) in [7, 11) is 0. The van der Waals surface area contributed by atoms with Gasteiger partial charge in [-0.1, -0.05) is 18.2 Å². The number of piperidine rings is 1. The first-order chi connectivity index (χ1) is 10.1. The van der Waals surface area contributed by atoms with Crippen LogP contribution in [0, 0.1) is 0 Å². The number of carbonyl (C=O) groups is 3. The Morgan fingerprint density at radius 2 is 2.05 bits per heavy atom.